The van der Waals surface area contributed by atoms with Gasteiger partial charge in [0.2, 0.25) is 5.91 Å². The number of hydrogen-bond donors (Lipinski definition) is 2. The summed E-state index contributed by atoms with van der Waals surface area (Å²) in [6, 6.07) is 8.42. The topological polar surface area (TPSA) is 44.4 Å². The van der Waals surface area contributed by atoms with Crippen LogP contribution in [-0.2, 0) is 4.79 Å². The lowest BCUT2D eigenvalue weighted by molar-refractivity contribution is -0.117. The highest BCUT2D eigenvalue weighted by atomic mass is 35.5. The lowest BCUT2D eigenvalue weighted by Crippen LogP contribution is -2.44. The minimum atomic E-state index is 0. The van der Waals surface area contributed by atoms with E-state index in [-0.39, 0.29) is 18.3 Å². The summed E-state index contributed by atoms with van der Waals surface area (Å²) in [4.78, 5) is 14.2. The van der Waals surface area contributed by atoms with Gasteiger partial charge in [-0.25, -0.2) is 0 Å². The number of amides is 1. The molecule has 5 heteroatoms. The van der Waals surface area contributed by atoms with Crippen LogP contribution in [-0.4, -0.2) is 43.5 Å². The Morgan fingerprint density at radius 2 is 2.10 bits per heavy atom. The zero-order valence-corrected chi connectivity index (χ0v) is 13.0. The van der Waals surface area contributed by atoms with E-state index in [1.807, 2.05) is 38.2 Å². The van der Waals surface area contributed by atoms with Crippen molar-refractivity contribution in [3.63, 3.8) is 0 Å². The normalized spacial score (nSPS) is 15.8. The summed E-state index contributed by atoms with van der Waals surface area (Å²) in [7, 11) is 2.03. The van der Waals surface area contributed by atoms with Crippen molar-refractivity contribution in [1.82, 2.24) is 10.2 Å². The van der Waals surface area contributed by atoms with Gasteiger partial charge in [-0.05, 0) is 57.6 Å². The van der Waals surface area contributed by atoms with Crippen LogP contribution in [0.5, 0.6) is 0 Å². The van der Waals surface area contributed by atoms with Crippen LogP contribution in [0.15, 0.2) is 24.3 Å². The number of piperidine rings is 1. The van der Waals surface area contributed by atoms with E-state index >= 15 is 0 Å². The third-order valence-corrected chi connectivity index (χ3v) is 3.63. The molecule has 0 saturated carbocycles. The molecular formula is C15H24ClN3O. The number of nitrogens with zero attached hydrogens (tertiary/aromatic N) is 1. The van der Waals surface area contributed by atoms with Gasteiger partial charge in [-0.15, -0.1) is 12.4 Å². The molecule has 1 aliphatic heterocycles. The van der Waals surface area contributed by atoms with Crippen LogP contribution in [0.4, 0.5) is 5.69 Å². The second kappa shape index (κ2) is 8.25. The summed E-state index contributed by atoms with van der Waals surface area (Å²) < 4.78 is 0. The van der Waals surface area contributed by atoms with Crippen molar-refractivity contribution in [3.05, 3.63) is 29.8 Å². The molecule has 1 amide bonds. The first-order valence-corrected chi connectivity index (χ1v) is 6.92. The van der Waals surface area contributed by atoms with Crippen molar-refractivity contribution >= 4 is 24.0 Å². The number of carbonyl (C=O) groups is 1. The SMILES string of the molecule is Cc1cccc(NC(=O)CN(C)C2CCNCC2)c1.Cl. The quantitative estimate of drug-likeness (QED) is 0.894. The van der Waals surface area contributed by atoms with E-state index in [1.165, 1.54) is 0 Å². The number of likely N-dealkylation sites (N-methyl/N-ethyl adjacent to an activating group) is 1. The molecule has 20 heavy (non-hydrogen) atoms. The minimum Gasteiger partial charge on any atom is -0.325 e. The van der Waals surface area contributed by atoms with Crippen molar-refractivity contribution in [2.45, 2.75) is 25.8 Å². The molecule has 0 aliphatic carbocycles. The van der Waals surface area contributed by atoms with Crippen molar-refractivity contribution in [2.75, 3.05) is 32.0 Å². The Morgan fingerprint density at radius 1 is 1.40 bits per heavy atom. The summed E-state index contributed by atoms with van der Waals surface area (Å²) in [6.45, 7) is 4.58. The Kier molecular flexibility index (Phi) is 6.99. The minimum absolute atomic E-state index is 0. The highest BCUT2D eigenvalue weighted by Gasteiger charge is 2.19. The van der Waals surface area contributed by atoms with Crippen molar-refractivity contribution < 1.29 is 4.79 Å². The van der Waals surface area contributed by atoms with E-state index in [0.29, 0.717) is 12.6 Å². The third-order valence-electron chi connectivity index (χ3n) is 3.63. The number of benzene rings is 1. The number of carbonyl (C=O) groups excluding carboxylic acids is 1. The zero-order valence-electron chi connectivity index (χ0n) is 12.2. The molecule has 0 atom stereocenters. The average molecular weight is 298 g/mol. The molecule has 112 valence electrons. The van der Waals surface area contributed by atoms with E-state index in [0.717, 1.165) is 37.2 Å². The third kappa shape index (κ3) is 5.12. The molecule has 0 bridgehead atoms. The molecule has 4 nitrogen and oxygen atoms in total. The summed E-state index contributed by atoms with van der Waals surface area (Å²) in [5, 5.41) is 6.30. The molecule has 0 spiro atoms. The monoisotopic (exact) mass is 297 g/mol. The second-order valence-corrected chi connectivity index (χ2v) is 5.31. The van der Waals surface area contributed by atoms with Gasteiger partial charge in [0, 0.05) is 11.7 Å². The number of aryl methyl sites for hydroxylation is 1. The molecule has 1 saturated heterocycles. The smallest absolute Gasteiger partial charge is 0.238 e. The van der Waals surface area contributed by atoms with E-state index < -0.39 is 0 Å². The Labute approximate surface area is 127 Å². The highest BCUT2D eigenvalue weighted by Crippen LogP contribution is 2.11. The van der Waals surface area contributed by atoms with Gasteiger partial charge < -0.3 is 10.6 Å². The molecule has 2 N–H and O–H groups in total. The first-order valence-electron chi connectivity index (χ1n) is 6.92. The van der Waals surface area contributed by atoms with Gasteiger partial charge >= 0.3 is 0 Å². The highest BCUT2D eigenvalue weighted by molar-refractivity contribution is 5.92. The fraction of sp³-hybridized carbons (Fsp3) is 0.533. The van der Waals surface area contributed by atoms with Crippen LogP contribution in [0.2, 0.25) is 0 Å². The molecular weight excluding hydrogens is 274 g/mol. The summed E-state index contributed by atoms with van der Waals surface area (Å²) >= 11 is 0. The number of hydrogen-bond acceptors (Lipinski definition) is 3. The molecule has 1 aromatic rings. The maximum Gasteiger partial charge on any atom is 0.238 e. The first-order chi connectivity index (χ1) is 9.15. The lowest BCUT2D eigenvalue weighted by Gasteiger charge is -2.31. The first kappa shape index (κ1) is 17.0. The summed E-state index contributed by atoms with van der Waals surface area (Å²) in [5.41, 5.74) is 2.04. The standard InChI is InChI=1S/C15H23N3O.ClH/c1-12-4-3-5-13(10-12)17-15(19)11-18(2)14-6-8-16-9-7-14;/h3-5,10,14,16H,6-9,11H2,1-2H3,(H,17,19);1H. The number of nitrogens with one attached hydrogen (secondary N) is 2. The molecule has 2 rings (SSSR count). The van der Waals surface area contributed by atoms with Crippen molar-refractivity contribution in [3.8, 4) is 0 Å². The van der Waals surface area contributed by atoms with Gasteiger partial charge in [0.1, 0.15) is 0 Å². The molecule has 1 fully saturated rings. The lowest BCUT2D eigenvalue weighted by atomic mass is 10.1. The zero-order chi connectivity index (χ0) is 13.7. The molecule has 1 heterocycles. The van der Waals surface area contributed by atoms with Crippen LogP contribution in [0.25, 0.3) is 0 Å². The van der Waals surface area contributed by atoms with Gasteiger partial charge in [0.15, 0.2) is 0 Å². The van der Waals surface area contributed by atoms with Crippen molar-refractivity contribution in [1.29, 1.82) is 0 Å². The molecule has 0 aromatic heterocycles. The molecule has 1 aromatic carbocycles. The predicted molar refractivity (Wildman–Crippen MR) is 85.6 cm³/mol. The van der Waals surface area contributed by atoms with E-state index in [4.69, 9.17) is 0 Å². The van der Waals surface area contributed by atoms with Gasteiger partial charge in [-0.3, -0.25) is 9.69 Å². The maximum absolute atomic E-state index is 12.0. The van der Waals surface area contributed by atoms with Gasteiger partial charge in [-0.2, -0.15) is 0 Å². The summed E-state index contributed by atoms with van der Waals surface area (Å²) in [6.07, 6.45) is 2.24. The van der Waals surface area contributed by atoms with Crippen LogP contribution in [0, 0.1) is 6.92 Å². The Hall–Kier alpha value is -1.10. The Morgan fingerprint density at radius 3 is 2.75 bits per heavy atom. The van der Waals surface area contributed by atoms with Gasteiger partial charge in [0.25, 0.3) is 0 Å². The largest absolute Gasteiger partial charge is 0.325 e. The van der Waals surface area contributed by atoms with E-state index in [9.17, 15) is 4.79 Å². The number of rotatable bonds is 4. The second-order valence-electron chi connectivity index (χ2n) is 5.31. The van der Waals surface area contributed by atoms with E-state index in [1.54, 1.807) is 0 Å². The van der Waals surface area contributed by atoms with Crippen LogP contribution in [0.1, 0.15) is 18.4 Å². The van der Waals surface area contributed by atoms with Crippen molar-refractivity contribution in [2.24, 2.45) is 0 Å². The Bertz CT molecular complexity index is 433. The fourth-order valence-electron chi connectivity index (χ4n) is 2.53. The Balaban J connectivity index is 0.00000200. The molecule has 0 unspecified atom stereocenters. The molecule has 1 aliphatic rings. The van der Waals surface area contributed by atoms with Crippen LogP contribution < -0.4 is 10.6 Å². The summed E-state index contributed by atoms with van der Waals surface area (Å²) in [5.74, 6) is 0.0617. The van der Waals surface area contributed by atoms with Gasteiger partial charge in [0.05, 0.1) is 6.54 Å². The van der Waals surface area contributed by atoms with Crippen LogP contribution >= 0.6 is 12.4 Å². The fourth-order valence-corrected chi connectivity index (χ4v) is 2.53. The van der Waals surface area contributed by atoms with E-state index in [2.05, 4.69) is 15.5 Å². The average Bonchev–Trinajstić information content (AvgIpc) is 2.39. The predicted octanol–water partition coefficient (Wildman–Crippen LogP) is 2.04. The molecule has 0 radical (unpaired) electrons. The maximum atomic E-state index is 12.0. The van der Waals surface area contributed by atoms with Crippen LogP contribution in [0.3, 0.4) is 0 Å². The number of anilines is 1. The number of halogens is 1. The van der Waals surface area contributed by atoms with Gasteiger partial charge in [-0.1, -0.05) is 12.1 Å².